The molecule has 18 heavy (non-hydrogen) atoms. The molecule has 9 nitrogen and oxygen atoms in total. The number of nitrogens with one attached hydrogen (secondary N) is 1. The van der Waals surface area contributed by atoms with Gasteiger partial charge in [-0.1, -0.05) is 0 Å². The van der Waals surface area contributed by atoms with Crippen LogP contribution in [0.4, 0.5) is 0 Å². The summed E-state index contributed by atoms with van der Waals surface area (Å²) in [5.41, 5.74) is 5.15. The van der Waals surface area contributed by atoms with E-state index in [0.717, 1.165) is 0 Å². The number of carbonyl (C=O) groups excluding carboxylic acids is 1. The van der Waals surface area contributed by atoms with Crippen LogP contribution in [0.15, 0.2) is 0 Å². The van der Waals surface area contributed by atoms with Crippen LogP contribution in [0.1, 0.15) is 19.3 Å². The molecule has 0 aromatic rings. The third kappa shape index (κ3) is 6.43. The zero-order valence-corrected chi connectivity index (χ0v) is 9.33. The molecule has 0 radical (unpaired) electrons. The van der Waals surface area contributed by atoms with Crippen LogP contribution in [-0.2, 0) is 19.2 Å². The van der Waals surface area contributed by atoms with Crippen LogP contribution in [0.5, 0.6) is 0 Å². The largest absolute Gasteiger partial charge is 0.481 e. The summed E-state index contributed by atoms with van der Waals surface area (Å²) in [6.45, 7) is 0. The molecule has 0 aromatic carbocycles. The van der Waals surface area contributed by atoms with Gasteiger partial charge in [0.05, 0.1) is 6.42 Å². The van der Waals surface area contributed by atoms with Gasteiger partial charge in [0.15, 0.2) is 0 Å². The Kier molecular flexibility index (Phi) is 6.35. The van der Waals surface area contributed by atoms with E-state index in [1.54, 1.807) is 0 Å². The van der Waals surface area contributed by atoms with Gasteiger partial charge in [-0.05, 0) is 6.42 Å². The number of hydrogen-bond donors (Lipinski definition) is 5. The first-order valence-corrected chi connectivity index (χ1v) is 4.96. The second-order valence-electron chi connectivity index (χ2n) is 3.54. The number of carboxylic acid groups (broad SMARTS) is 3. The topological polar surface area (TPSA) is 167 Å². The first kappa shape index (κ1) is 15.8. The van der Waals surface area contributed by atoms with Gasteiger partial charge >= 0.3 is 17.9 Å². The lowest BCUT2D eigenvalue weighted by Crippen LogP contribution is -2.43. The molecule has 0 aliphatic rings. The van der Waals surface area contributed by atoms with E-state index in [2.05, 4.69) is 0 Å². The fraction of sp³-hybridized carbons (Fsp3) is 0.556. The zero-order chi connectivity index (χ0) is 14.3. The van der Waals surface area contributed by atoms with Crippen molar-refractivity contribution < 1.29 is 34.5 Å². The van der Waals surface area contributed by atoms with E-state index in [1.807, 2.05) is 5.32 Å². The van der Waals surface area contributed by atoms with Gasteiger partial charge < -0.3 is 26.4 Å². The molecular weight excluding hydrogens is 248 g/mol. The molecule has 0 spiro atoms. The summed E-state index contributed by atoms with van der Waals surface area (Å²) in [4.78, 5) is 42.6. The molecule has 0 aliphatic heterocycles. The minimum absolute atomic E-state index is 0.166. The molecule has 102 valence electrons. The molecule has 9 heteroatoms. The van der Waals surface area contributed by atoms with Crippen LogP contribution in [0.3, 0.4) is 0 Å². The predicted octanol–water partition coefficient (Wildman–Crippen LogP) is -1.78. The Morgan fingerprint density at radius 2 is 1.61 bits per heavy atom. The zero-order valence-electron chi connectivity index (χ0n) is 9.33. The SMILES string of the molecule is NC(CCC(=O)NC(CC(=O)O)C(=O)O)C(=O)O. The molecule has 6 N–H and O–H groups in total. The summed E-state index contributed by atoms with van der Waals surface area (Å²) in [7, 11) is 0. The molecule has 0 saturated heterocycles. The van der Waals surface area contributed by atoms with Crippen molar-refractivity contribution in [3.05, 3.63) is 0 Å². The van der Waals surface area contributed by atoms with Crippen LogP contribution < -0.4 is 11.1 Å². The van der Waals surface area contributed by atoms with Crippen molar-refractivity contribution in [2.45, 2.75) is 31.3 Å². The highest BCUT2D eigenvalue weighted by atomic mass is 16.4. The Hall–Kier alpha value is -2.16. The van der Waals surface area contributed by atoms with Crippen LogP contribution in [0.2, 0.25) is 0 Å². The van der Waals surface area contributed by atoms with Gasteiger partial charge in [-0.3, -0.25) is 14.4 Å². The van der Waals surface area contributed by atoms with Crippen molar-refractivity contribution in [2.24, 2.45) is 5.73 Å². The number of rotatable bonds is 8. The maximum Gasteiger partial charge on any atom is 0.326 e. The molecule has 0 bridgehead atoms. The van der Waals surface area contributed by atoms with E-state index in [0.29, 0.717) is 0 Å². The number of hydrogen-bond acceptors (Lipinski definition) is 5. The molecular formula is C9H14N2O7. The van der Waals surface area contributed by atoms with Gasteiger partial charge in [0, 0.05) is 6.42 Å². The van der Waals surface area contributed by atoms with Crippen molar-refractivity contribution in [2.75, 3.05) is 0 Å². The highest BCUT2D eigenvalue weighted by Crippen LogP contribution is 1.98. The van der Waals surface area contributed by atoms with Crippen molar-refractivity contribution in [1.29, 1.82) is 0 Å². The minimum Gasteiger partial charge on any atom is -0.481 e. The van der Waals surface area contributed by atoms with Crippen molar-refractivity contribution in [1.82, 2.24) is 5.32 Å². The molecule has 0 aromatic heterocycles. The Balaban J connectivity index is 4.22. The van der Waals surface area contributed by atoms with Gasteiger partial charge in [-0.2, -0.15) is 0 Å². The summed E-state index contributed by atoms with van der Waals surface area (Å²) in [5, 5.41) is 27.5. The van der Waals surface area contributed by atoms with Crippen LogP contribution >= 0.6 is 0 Å². The second kappa shape index (κ2) is 7.22. The monoisotopic (exact) mass is 262 g/mol. The number of carbonyl (C=O) groups is 4. The maximum atomic E-state index is 11.3. The third-order valence-electron chi connectivity index (χ3n) is 2.01. The van der Waals surface area contributed by atoms with Crippen LogP contribution in [0, 0.1) is 0 Å². The Bertz CT molecular complexity index is 355. The van der Waals surface area contributed by atoms with E-state index in [4.69, 9.17) is 21.1 Å². The lowest BCUT2D eigenvalue weighted by Gasteiger charge is -2.12. The first-order valence-electron chi connectivity index (χ1n) is 4.96. The van der Waals surface area contributed by atoms with Gasteiger partial charge in [0.1, 0.15) is 12.1 Å². The van der Waals surface area contributed by atoms with Crippen molar-refractivity contribution in [3.8, 4) is 0 Å². The average Bonchev–Trinajstić information content (AvgIpc) is 2.23. The normalized spacial score (nSPS) is 13.4. The highest BCUT2D eigenvalue weighted by molar-refractivity contribution is 5.87. The first-order chi connectivity index (χ1) is 8.23. The minimum atomic E-state index is -1.55. The Labute approximate surface area is 102 Å². The highest BCUT2D eigenvalue weighted by Gasteiger charge is 2.23. The molecule has 1 amide bonds. The van der Waals surface area contributed by atoms with Gasteiger partial charge in [-0.25, -0.2) is 4.79 Å². The molecule has 2 atom stereocenters. The van der Waals surface area contributed by atoms with E-state index >= 15 is 0 Å². The number of carboxylic acids is 3. The maximum absolute atomic E-state index is 11.3. The quantitative estimate of drug-likeness (QED) is 0.342. The van der Waals surface area contributed by atoms with Gasteiger partial charge in [0.2, 0.25) is 5.91 Å². The molecule has 0 aliphatic carbocycles. The standard InChI is InChI=1S/C9H14N2O7/c10-4(8(15)16)1-2-6(12)11-5(9(17)18)3-7(13)14/h4-5H,1-3,10H2,(H,11,12)(H,13,14)(H,15,16)(H,17,18). The van der Waals surface area contributed by atoms with Crippen LogP contribution in [-0.4, -0.2) is 51.2 Å². The summed E-state index contributed by atoms with van der Waals surface area (Å²) in [6, 6.07) is -2.77. The molecule has 0 heterocycles. The molecule has 0 rings (SSSR count). The molecule has 0 saturated carbocycles. The van der Waals surface area contributed by atoms with Crippen LogP contribution in [0.25, 0.3) is 0 Å². The van der Waals surface area contributed by atoms with Crippen molar-refractivity contribution in [3.63, 3.8) is 0 Å². The number of amides is 1. The second-order valence-corrected chi connectivity index (χ2v) is 3.54. The summed E-state index contributed by atoms with van der Waals surface area (Å²) < 4.78 is 0. The summed E-state index contributed by atoms with van der Waals surface area (Å²) in [6.07, 6.45) is -1.22. The number of nitrogens with two attached hydrogens (primary N) is 1. The Morgan fingerprint density at radius 3 is 2.00 bits per heavy atom. The van der Waals surface area contributed by atoms with E-state index in [-0.39, 0.29) is 12.8 Å². The summed E-state index contributed by atoms with van der Waals surface area (Å²) in [5.74, 6) is -4.89. The van der Waals surface area contributed by atoms with E-state index < -0.39 is 42.3 Å². The fourth-order valence-electron chi connectivity index (χ4n) is 1.05. The van der Waals surface area contributed by atoms with Crippen molar-refractivity contribution >= 4 is 23.8 Å². The fourth-order valence-corrected chi connectivity index (χ4v) is 1.05. The predicted molar refractivity (Wildman–Crippen MR) is 56.7 cm³/mol. The Morgan fingerprint density at radius 1 is 1.06 bits per heavy atom. The smallest absolute Gasteiger partial charge is 0.326 e. The van der Waals surface area contributed by atoms with E-state index in [9.17, 15) is 19.2 Å². The average molecular weight is 262 g/mol. The lowest BCUT2D eigenvalue weighted by molar-refractivity contribution is -0.147. The van der Waals surface area contributed by atoms with Gasteiger partial charge in [0.25, 0.3) is 0 Å². The van der Waals surface area contributed by atoms with Gasteiger partial charge in [-0.15, -0.1) is 0 Å². The molecule has 0 fully saturated rings. The lowest BCUT2D eigenvalue weighted by atomic mass is 10.1. The number of aliphatic carboxylic acids is 3. The third-order valence-corrected chi connectivity index (χ3v) is 2.01. The van der Waals surface area contributed by atoms with E-state index in [1.165, 1.54) is 0 Å². The molecule has 2 unspecified atom stereocenters. The summed E-state index contributed by atoms with van der Waals surface area (Å²) >= 11 is 0.